The zero-order valence-electron chi connectivity index (χ0n) is 9.84. The van der Waals surface area contributed by atoms with Gasteiger partial charge in [0.05, 0.1) is 0 Å². The van der Waals surface area contributed by atoms with Crippen molar-refractivity contribution < 1.29 is 4.74 Å². The third kappa shape index (κ3) is 4.95. The Morgan fingerprint density at radius 3 is 2.93 bits per heavy atom. The summed E-state index contributed by atoms with van der Waals surface area (Å²) < 4.78 is 5.09. The van der Waals surface area contributed by atoms with Crippen LogP contribution in [0.3, 0.4) is 0 Å². The zero-order valence-corrected chi connectivity index (χ0v) is 9.84. The van der Waals surface area contributed by atoms with E-state index in [9.17, 15) is 0 Å². The van der Waals surface area contributed by atoms with Gasteiger partial charge in [0.15, 0.2) is 0 Å². The molecular formula is C11H21N3O. The van der Waals surface area contributed by atoms with Gasteiger partial charge in [-0.25, -0.2) is 0 Å². The highest BCUT2D eigenvalue weighted by atomic mass is 16.5. The van der Waals surface area contributed by atoms with Gasteiger partial charge in [0.2, 0.25) is 0 Å². The monoisotopic (exact) mass is 211 g/mol. The molecule has 2 N–H and O–H groups in total. The van der Waals surface area contributed by atoms with Crippen LogP contribution in [0, 0.1) is 5.41 Å². The molecule has 0 bridgehead atoms. The van der Waals surface area contributed by atoms with E-state index in [0.29, 0.717) is 0 Å². The van der Waals surface area contributed by atoms with Gasteiger partial charge in [0, 0.05) is 38.7 Å². The molecule has 0 saturated heterocycles. The Labute approximate surface area is 91.4 Å². The SMILES string of the molecule is COCCC(C)(C)CNCc1ccn[nH]1. The van der Waals surface area contributed by atoms with E-state index in [0.717, 1.165) is 31.8 Å². The smallest absolute Gasteiger partial charge is 0.0490 e. The molecule has 0 radical (unpaired) electrons. The Bertz CT molecular complexity index is 257. The minimum Gasteiger partial charge on any atom is -0.385 e. The van der Waals surface area contributed by atoms with Crippen LogP contribution in [0.4, 0.5) is 0 Å². The van der Waals surface area contributed by atoms with Crippen molar-refractivity contribution in [1.29, 1.82) is 0 Å². The number of rotatable bonds is 7. The fraction of sp³-hybridized carbons (Fsp3) is 0.727. The lowest BCUT2D eigenvalue weighted by atomic mass is 9.90. The maximum Gasteiger partial charge on any atom is 0.0490 e. The van der Waals surface area contributed by atoms with E-state index in [4.69, 9.17) is 4.74 Å². The molecule has 0 unspecified atom stereocenters. The summed E-state index contributed by atoms with van der Waals surface area (Å²) >= 11 is 0. The molecule has 1 aromatic rings. The predicted octanol–water partition coefficient (Wildman–Crippen LogP) is 1.56. The molecule has 1 rings (SSSR count). The van der Waals surface area contributed by atoms with Crippen molar-refractivity contribution in [2.24, 2.45) is 5.41 Å². The fourth-order valence-corrected chi connectivity index (χ4v) is 1.39. The summed E-state index contributed by atoms with van der Waals surface area (Å²) in [7, 11) is 1.74. The van der Waals surface area contributed by atoms with E-state index >= 15 is 0 Å². The van der Waals surface area contributed by atoms with Gasteiger partial charge in [-0.3, -0.25) is 5.10 Å². The van der Waals surface area contributed by atoms with Gasteiger partial charge >= 0.3 is 0 Å². The molecule has 0 aromatic carbocycles. The van der Waals surface area contributed by atoms with E-state index in [-0.39, 0.29) is 5.41 Å². The normalized spacial score (nSPS) is 11.9. The molecule has 1 heterocycles. The first-order valence-electron chi connectivity index (χ1n) is 5.32. The van der Waals surface area contributed by atoms with E-state index in [2.05, 4.69) is 29.4 Å². The Morgan fingerprint density at radius 2 is 2.33 bits per heavy atom. The zero-order chi connectivity index (χ0) is 11.1. The van der Waals surface area contributed by atoms with Crippen molar-refractivity contribution in [1.82, 2.24) is 15.5 Å². The van der Waals surface area contributed by atoms with E-state index in [1.165, 1.54) is 0 Å². The van der Waals surface area contributed by atoms with Crippen LogP contribution in [-0.4, -0.2) is 30.5 Å². The number of nitrogens with zero attached hydrogens (tertiary/aromatic N) is 1. The average molecular weight is 211 g/mol. The fourth-order valence-electron chi connectivity index (χ4n) is 1.39. The molecule has 4 heteroatoms. The molecule has 0 aliphatic heterocycles. The highest BCUT2D eigenvalue weighted by Crippen LogP contribution is 2.18. The number of ether oxygens (including phenoxy) is 1. The third-order valence-electron chi connectivity index (χ3n) is 2.46. The summed E-state index contributed by atoms with van der Waals surface area (Å²) in [4.78, 5) is 0. The van der Waals surface area contributed by atoms with Crippen LogP contribution in [0.15, 0.2) is 12.3 Å². The molecule has 0 atom stereocenters. The maximum absolute atomic E-state index is 5.09. The Morgan fingerprint density at radius 1 is 1.53 bits per heavy atom. The van der Waals surface area contributed by atoms with Crippen LogP contribution >= 0.6 is 0 Å². The second-order valence-corrected chi connectivity index (χ2v) is 4.59. The lowest BCUT2D eigenvalue weighted by Crippen LogP contribution is -2.30. The quantitative estimate of drug-likeness (QED) is 0.719. The Kier molecular flexibility index (Phi) is 4.78. The maximum atomic E-state index is 5.09. The van der Waals surface area contributed by atoms with Crippen LogP contribution in [0.25, 0.3) is 0 Å². The number of methoxy groups -OCH3 is 1. The molecule has 0 spiro atoms. The van der Waals surface area contributed by atoms with Crippen LogP contribution in [0.1, 0.15) is 26.0 Å². The van der Waals surface area contributed by atoms with Crippen LogP contribution in [-0.2, 0) is 11.3 Å². The standard InChI is InChI=1S/C11H21N3O/c1-11(2,5-7-15-3)9-12-8-10-4-6-13-14-10/h4,6,12H,5,7-9H2,1-3H3,(H,13,14). The number of aromatic amines is 1. The molecule has 1 aromatic heterocycles. The summed E-state index contributed by atoms with van der Waals surface area (Å²) in [5, 5.41) is 10.2. The first-order valence-corrected chi connectivity index (χ1v) is 5.32. The minimum absolute atomic E-state index is 0.274. The molecular weight excluding hydrogens is 190 g/mol. The second kappa shape index (κ2) is 5.88. The van der Waals surface area contributed by atoms with Gasteiger partial charge in [0.25, 0.3) is 0 Å². The molecule has 15 heavy (non-hydrogen) atoms. The average Bonchev–Trinajstić information content (AvgIpc) is 2.67. The van der Waals surface area contributed by atoms with Crippen molar-refractivity contribution in [2.75, 3.05) is 20.3 Å². The van der Waals surface area contributed by atoms with Crippen molar-refractivity contribution >= 4 is 0 Å². The lowest BCUT2D eigenvalue weighted by Gasteiger charge is -2.24. The van der Waals surface area contributed by atoms with E-state index < -0.39 is 0 Å². The predicted molar refractivity (Wildman–Crippen MR) is 60.6 cm³/mol. The first kappa shape index (κ1) is 12.2. The summed E-state index contributed by atoms with van der Waals surface area (Å²) in [6.45, 7) is 7.13. The minimum atomic E-state index is 0.274. The van der Waals surface area contributed by atoms with Crippen molar-refractivity contribution in [2.45, 2.75) is 26.8 Å². The molecule has 0 saturated carbocycles. The number of hydrogen-bond acceptors (Lipinski definition) is 3. The molecule has 0 aliphatic carbocycles. The first-order chi connectivity index (χ1) is 7.14. The number of aromatic nitrogens is 2. The topological polar surface area (TPSA) is 49.9 Å². The van der Waals surface area contributed by atoms with Crippen LogP contribution < -0.4 is 5.32 Å². The summed E-state index contributed by atoms with van der Waals surface area (Å²) in [5.74, 6) is 0. The molecule has 0 amide bonds. The second-order valence-electron chi connectivity index (χ2n) is 4.59. The highest BCUT2D eigenvalue weighted by molar-refractivity contribution is 4.96. The van der Waals surface area contributed by atoms with Gasteiger partial charge in [-0.2, -0.15) is 5.10 Å². The number of H-pyrrole nitrogens is 1. The van der Waals surface area contributed by atoms with Crippen molar-refractivity contribution in [3.63, 3.8) is 0 Å². The molecule has 0 fully saturated rings. The lowest BCUT2D eigenvalue weighted by molar-refractivity contribution is 0.150. The Hall–Kier alpha value is -0.870. The van der Waals surface area contributed by atoms with E-state index in [1.807, 2.05) is 6.07 Å². The largest absolute Gasteiger partial charge is 0.385 e. The van der Waals surface area contributed by atoms with Gasteiger partial charge in [-0.05, 0) is 17.9 Å². The van der Waals surface area contributed by atoms with Crippen LogP contribution in [0.2, 0.25) is 0 Å². The Balaban J connectivity index is 2.18. The summed E-state index contributed by atoms with van der Waals surface area (Å²) in [6.07, 6.45) is 2.84. The van der Waals surface area contributed by atoms with Gasteiger partial charge in [-0.1, -0.05) is 13.8 Å². The molecule has 4 nitrogen and oxygen atoms in total. The third-order valence-corrected chi connectivity index (χ3v) is 2.46. The van der Waals surface area contributed by atoms with Crippen molar-refractivity contribution in [3.05, 3.63) is 18.0 Å². The molecule has 0 aliphatic rings. The van der Waals surface area contributed by atoms with Gasteiger partial charge in [0.1, 0.15) is 0 Å². The van der Waals surface area contributed by atoms with Crippen LogP contribution in [0.5, 0.6) is 0 Å². The van der Waals surface area contributed by atoms with Gasteiger partial charge < -0.3 is 10.1 Å². The summed E-state index contributed by atoms with van der Waals surface area (Å²) in [5.41, 5.74) is 1.40. The molecule has 86 valence electrons. The van der Waals surface area contributed by atoms with Gasteiger partial charge in [-0.15, -0.1) is 0 Å². The number of hydrogen-bond donors (Lipinski definition) is 2. The number of nitrogens with one attached hydrogen (secondary N) is 2. The van der Waals surface area contributed by atoms with Crippen molar-refractivity contribution in [3.8, 4) is 0 Å². The van der Waals surface area contributed by atoms with E-state index in [1.54, 1.807) is 13.3 Å². The highest BCUT2D eigenvalue weighted by Gasteiger charge is 2.16. The summed E-state index contributed by atoms with van der Waals surface area (Å²) in [6, 6.07) is 1.98.